The second-order valence-corrected chi connectivity index (χ2v) is 7.72. The topological polar surface area (TPSA) is 89.8 Å². The summed E-state index contributed by atoms with van der Waals surface area (Å²) in [5, 5.41) is 3.17. The molecule has 1 unspecified atom stereocenters. The molecule has 3 heterocycles. The summed E-state index contributed by atoms with van der Waals surface area (Å²) in [4.78, 5) is 37.3. The van der Waals surface area contributed by atoms with Gasteiger partial charge in [-0.05, 0) is 62.3 Å². The smallest absolute Gasteiger partial charge is 0.274 e. The van der Waals surface area contributed by atoms with Crippen molar-refractivity contribution in [3.8, 4) is 0 Å². The van der Waals surface area contributed by atoms with Crippen LogP contribution in [0.5, 0.6) is 0 Å². The lowest BCUT2D eigenvalue weighted by atomic mass is 9.84. The summed E-state index contributed by atoms with van der Waals surface area (Å²) in [6, 6.07) is 7.23. The number of aromatic nitrogens is 4. The summed E-state index contributed by atoms with van der Waals surface area (Å²) in [6.45, 7) is 2.50. The molecule has 1 aliphatic carbocycles. The van der Waals surface area contributed by atoms with E-state index in [1.54, 1.807) is 12.3 Å². The molecule has 154 valence electrons. The molecule has 3 aromatic heterocycles. The quantitative estimate of drug-likeness (QED) is 0.635. The zero-order chi connectivity index (χ0) is 20.9. The number of fused-ring (bicyclic) bond motifs is 1. The summed E-state index contributed by atoms with van der Waals surface area (Å²) in [6.07, 6.45) is 11.9. The Bertz CT molecular complexity index is 1110. The predicted octanol–water partition coefficient (Wildman–Crippen LogP) is 3.34. The highest BCUT2D eigenvalue weighted by atomic mass is 16.2. The number of rotatable bonds is 6. The van der Waals surface area contributed by atoms with Crippen molar-refractivity contribution >= 4 is 11.9 Å². The minimum absolute atomic E-state index is 0.260. The summed E-state index contributed by atoms with van der Waals surface area (Å²) in [7, 11) is 0. The molecule has 0 aromatic carbocycles. The molecule has 0 spiro atoms. The third-order valence-corrected chi connectivity index (χ3v) is 5.48. The van der Waals surface area contributed by atoms with Gasteiger partial charge in [0.1, 0.15) is 0 Å². The highest BCUT2D eigenvalue weighted by molar-refractivity contribution is 5.97. The number of carbonyl (C=O) groups excluding carboxylic acids is 1. The van der Waals surface area contributed by atoms with Crippen LogP contribution < -0.4 is 10.9 Å². The van der Waals surface area contributed by atoms with Gasteiger partial charge in [-0.1, -0.05) is 6.07 Å². The molecule has 7 heteroatoms. The lowest BCUT2D eigenvalue weighted by Crippen LogP contribution is -2.23. The van der Waals surface area contributed by atoms with Gasteiger partial charge in [0, 0.05) is 49.0 Å². The normalized spacial score (nSPS) is 15.4. The van der Waals surface area contributed by atoms with Crippen molar-refractivity contribution in [3.05, 3.63) is 81.8 Å². The number of pyridine rings is 2. The second-order valence-electron chi connectivity index (χ2n) is 7.72. The Balaban J connectivity index is 1.42. The van der Waals surface area contributed by atoms with Gasteiger partial charge in [0.2, 0.25) is 5.95 Å². The van der Waals surface area contributed by atoms with Gasteiger partial charge in [-0.3, -0.25) is 24.1 Å². The van der Waals surface area contributed by atoms with Crippen LogP contribution in [0.15, 0.2) is 53.8 Å². The molecule has 1 atom stereocenters. The Morgan fingerprint density at radius 3 is 3.07 bits per heavy atom. The van der Waals surface area contributed by atoms with Gasteiger partial charge in [0.05, 0.1) is 5.56 Å². The largest absolute Gasteiger partial charge is 0.355 e. The Morgan fingerprint density at radius 2 is 2.20 bits per heavy atom. The zero-order valence-electron chi connectivity index (χ0n) is 17.0. The maximum Gasteiger partial charge on any atom is 0.274 e. The van der Waals surface area contributed by atoms with E-state index in [1.165, 1.54) is 40.7 Å². The molecule has 30 heavy (non-hydrogen) atoms. The van der Waals surface area contributed by atoms with E-state index in [-0.39, 0.29) is 17.4 Å². The van der Waals surface area contributed by atoms with Gasteiger partial charge in [0.15, 0.2) is 0 Å². The molecular formula is C23H25N5O2. The van der Waals surface area contributed by atoms with Crippen LogP contribution in [0.1, 0.15) is 58.8 Å². The van der Waals surface area contributed by atoms with Crippen LogP contribution in [0, 0.1) is 6.92 Å². The Kier molecular flexibility index (Phi) is 5.97. The molecule has 4 rings (SSSR count). The van der Waals surface area contributed by atoms with Crippen molar-refractivity contribution in [1.82, 2.24) is 19.5 Å². The van der Waals surface area contributed by atoms with Crippen molar-refractivity contribution < 1.29 is 4.79 Å². The summed E-state index contributed by atoms with van der Waals surface area (Å²) in [5.41, 5.74) is 3.55. The van der Waals surface area contributed by atoms with Gasteiger partial charge >= 0.3 is 0 Å². The van der Waals surface area contributed by atoms with Crippen molar-refractivity contribution in [2.24, 2.45) is 0 Å². The molecular weight excluding hydrogens is 378 g/mol. The summed E-state index contributed by atoms with van der Waals surface area (Å²) >= 11 is 0. The van der Waals surface area contributed by atoms with E-state index in [9.17, 15) is 9.59 Å². The van der Waals surface area contributed by atoms with E-state index in [2.05, 4.69) is 26.3 Å². The molecule has 0 saturated carbocycles. The third kappa shape index (κ3) is 4.45. The first kappa shape index (κ1) is 19.9. The van der Waals surface area contributed by atoms with E-state index in [0.29, 0.717) is 18.0 Å². The van der Waals surface area contributed by atoms with Gasteiger partial charge in [-0.15, -0.1) is 0 Å². The molecule has 1 aliphatic rings. The molecule has 3 aromatic rings. The number of nitrogens with zero attached hydrogens (tertiary/aromatic N) is 4. The highest BCUT2D eigenvalue weighted by Crippen LogP contribution is 2.32. The van der Waals surface area contributed by atoms with Crippen LogP contribution in [0.25, 0.3) is 0 Å². The second kappa shape index (κ2) is 8.98. The predicted molar refractivity (Wildman–Crippen MR) is 115 cm³/mol. The Hall–Kier alpha value is -3.35. The lowest BCUT2D eigenvalue weighted by Gasteiger charge is -2.24. The van der Waals surface area contributed by atoms with Crippen LogP contribution in [-0.4, -0.2) is 32.0 Å². The first-order valence-electron chi connectivity index (χ1n) is 10.4. The van der Waals surface area contributed by atoms with Crippen LogP contribution in [-0.2, 0) is 6.42 Å². The average molecular weight is 403 g/mol. The SMILES string of the molecule is Cc1cncc(C(=O)n2ccc(=O)nc2NCCCC2CCCc3cccnc32)c1. The van der Waals surface area contributed by atoms with Crippen LogP contribution in [0.2, 0.25) is 0 Å². The lowest BCUT2D eigenvalue weighted by molar-refractivity contribution is 0.0960. The van der Waals surface area contributed by atoms with E-state index < -0.39 is 0 Å². The number of nitrogens with one attached hydrogen (secondary N) is 1. The fraction of sp³-hybridized carbons (Fsp3) is 0.348. The molecule has 0 aliphatic heterocycles. The molecule has 1 N–H and O–H groups in total. The minimum Gasteiger partial charge on any atom is -0.355 e. The molecule has 0 bridgehead atoms. The zero-order valence-corrected chi connectivity index (χ0v) is 17.0. The first-order chi connectivity index (χ1) is 14.6. The summed E-state index contributed by atoms with van der Waals surface area (Å²) in [5.74, 6) is 0.449. The van der Waals surface area contributed by atoms with Crippen molar-refractivity contribution in [2.75, 3.05) is 11.9 Å². The van der Waals surface area contributed by atoms with Gasteiger partial charge in [-0.25, -0.2) is 0 Å². The van der Waals surface area contributed by atoms with E-state index in [0.717, 1.165) is 31.2 Å². The van der Waals surface area contributed by atoms with Gasteiger partial charge in [0.25, 0.3) is 11.5 Å². The molecule has 0 amide bonds. The van der Waals surface area contributed by atoms with Crippen molar-refractivity contribution in [1.29, 1.82) is 0 Å². The molecule has 0 radical (unpaired) electrons. The third-order valence-electron chi connectivity index (χ3n) is 5.48. The van der Waals surface area contributed by atoms with Crippen LogP contribution in [0.4, 0.5) is 5.95 Å². The van der Waals surface area contributed by atoms with Crippen LogP contribution in [0.3, 0.4) is 0 Å². The fourth-order valence-electron chi connectivity index (χ4n) is 4.04. The standard InChI is InChI=1S/C23H25N5O2/c1-16-13-19(15-24-14-16)22(30)28-12-9-20(29)27-23(28)26-11-4-8-18-6-2-5-17-7-3-10-25-21(17)18/h3,7,9-10,12-15,18H,2,4-6,8,11H2,1H3,(H,26,27,29). The van der Waals surface area contributed by atoms with Gasteiger partial charge < -0.3 is 5.32 Å². The number of hydrogen-bond acceptors (Lipinski definition) is 6. The maximum absolute atomic E-state index is 12.9. The van der Waals surface area contributed by atoms with E-state index in [1.807, 2.05) is 19.2 Å². The number of carbonyl (C=O) groups is 1. The van der Waals surface area contributed by atoms with E-state index >= 15 is 0 Å². The maximum atomic E-state index is 12.9. The molecule has 0 fully saturated rings. The number of aryl methyl sites for hydroxylation is 2. The molecule has 7 nitrogen and oxygen atoms in total. The minimum atomic E-state index is -0.380. The fourth-order valence-corrected chi connectivity index (χ4v) is 4.04. The number of anilines is 1. The van der Waals surface area contributed by atoms with Crippen LogP contribution >= 0.6 is 0 Å². The van der Waals surface area contributed by atoms with Crippen molar-refractivity contribution in [2.45, 2.75) is 44.9 Å². The first-order valence-corrected chi connectivity index (χ1v) is 10.4. The Labute approximate surface area is 175 Å². The Morgan fingerprint density at radius 1 is 1.30 bits per heavy atom. The highest BCUT2D eigenvalue weighted by Gasteiger charge is 2.21. The molecule has 0 saturated heterocycles. The monoisotopic (exact) mass is 403 g/mol. The van der Waals surface area contributed by atoms with Gasteiger partial charge in [-0.2, -0.15) is 4.98 Å². The number of hydrogen-bond donors (Lipinski definition) is 1. The van der Waals surface area contributed by atoms with E-state index in [4.69, 9.17) is 0 Å². The average Bonchev–Trinajstić information content (AvgIpc) is 2.76. The van der Waals surface area contributed by atoms with Crippen molar-refractivity contribution in [3.63, 3.8) is 0 Å². The summed E-state index contributed by atoms with van der Waals surface area (Å²) < 4.78 is 1.37.